The summed E-state index contributed by atoms with van der Waals surface area (Å²) in [6.45, 7) is 2.01. The van der Waals surface area contributed by atoms with Gasteiger partial charge in [-0.25, -0.2) is 4.98 Å². The van der Waals surface area contributed by atoms with E-state index in [-0.39, 0.29) is 0 Å². The fourth-order valence-corrected chi connectivity index (χ4v) is 3.05. The number of H-pyrrole nitrogens is 1. The first kappa shape index (κ1) is 13.1. The molecule has 3 aromatic rings. The third-order valence-corrected chi connectivity index (χ3v) is 4.24. The van der Waals surface area contributed by atoms with Crippen molar-refractivity contribution >= 4 is 34.7 Å². The first-order valence-electron chi connectivity index (χ1n) is 6.08. The SMILES string of the molecule is Cc1nc(CSc2nc(Nc3ccccc3)n[nH]2)cs1. The number of benzene rings is 1. The van der Waals surface area contributed by atoms with Crippen LogP contribution >= 0.6 is 23.1 Å². The monoisotopic (exact) mass is 303 g/mol. The van der Waals surface area contributed by atoms with Crippen molar-refractivity contribution in [2.45, 2.75) is 17.8 Å². The van der Waals surface area contributed by atoms with E-state index in [1.54, 1.807) is 23.1 Å². The van der Waals surface area contributed by atoms with Crippen LogP contribution in [0.5, 0.6) is 0 Å². The Labute approximate surface area is 124 Å². The van der Waals surface area contributed by atoms with Gasteiger partial charge >= 0.3 is 0 Å². The minimum atomic E-state index is 0.577. The summed E-state index contributed by atoms with van der Waals surface area (Å²) in [5.74, 6) is 1.37. The van der Waals surface area contributed by atoms with Crippen LogP contribution < -0.4 is 5.32 Å². The molecule has 0 amide bonds. The summed E-state index contributed by atoms with van der Waals surface area (Å²) in [6, 6.07) is 9.85. The van der Waals surface area contributed by atoms with Crippen LogP contribution in [-0.2, 0) is 5.75 Å². The Morgan fingerprint density at radius 1 is 1.25 bits per heavy atom. The number of nitrogens with one attached hydrogen (secondary N) is 2. The number of hydrogen-bond donors (Lipinski definition) is 2. The molecule has 20 heavy (non-hydrogen) atoms. The van der Waals surface area contributed by atoms with Crippen LogP contribution in [0.1, 0.15) is 10.7 Å². The highest BCUT2D eigenvalue weighted by atomic mass is 32.2. The number of anilines is 2. The van der Waals surface area contributed by atoms with Crippen LogP contribution in [0, 0.1) is 6.92 Å². The molecule has 1 aromatic carbocycles. The maximum absolute atomic E-state index is 4.42. The zero-order valence-corrected chi connectivity index (χ0v) is 12.5. The van der Waals surface area contributed by atoms with Gasteiger partial charge in [-0.2, -0.15) is 4.98 Å². The van der Waals surface area contributed by atoms with Crippen LogP contribution in [0.25, 0.3) is 0 Å². The number of para-hydroxylation sites is 1. The largest absolute Gasteiger partial charge is 0.323 e. The number of nitrogens with zero attached hydrogens (tertiary/aromatic N) is 3. The zero-order valence-electron chi connectivity index (χ0n) is 10.8. The lowest BCUT2D eigenvalue weighted by Gasteiger charge is -1.99. The van der Waals surface area contributed by atoms with Crippen molar-refractivity contribution < 1.29 is 0 Å². The third kappa shape index (κ3) is 3.37. The number of aromatic amines is 1. The van der Waals surface area contributed by atoms with Gasteiger partial charge in [0.2, 0.25) is 5.95 Å². The van der Waals surface area contributed by atoms with Gasteiger partial charge in [0.1, 0.15) is 0 Å². The molecule has 2 heterocycles. The molecule has 0 aliphatic rings. The summed E-state index contributed by atoms with van der Waals surface area (Å²) in [7, 11) is 0. The molecule has 5 nitrogen and oxygen atoms in total. The lowest BCUT2D eigenvalue weighted by atomic mass is 10.3. The lowest BCUT2D eigenvalue weighted by molar-refractivity contribution is 0.972. The molecule has 2 aromatic heterocycles. The highest BCUT2D eigenvalue weighted by Crippen LogP contribution is 2.22. The molecule has 0 bridgehead atoms. The van der Waals surface area contributed by atoms with Crippen LogP contribution in [0.3, 0.4) is 0 Å². The van der Waals surface area contributed by atoms with Crippen LogP contribution in [0.15, 0.2) is 40.9 Å². The van der Waals surface area contributed by atoms with E-state index in [1.807, 2.05) is 37.3 Å². The van der Waals surface area contributed by atoms with E-state index in [4.69, 9.17) is 0 Å². The highest BCUT2D eigenvalue weighted by Gasteiger charge is 2.05. The average molecular weight is 303 g/mol. The fourth-order valence-electron chi connectivity index (χ4n) is 1.63. The molecule has 0 aliphatic carbocycles. The number of rotatable bonds is 5. The number of aryl methyl sites for hydroxylation is 1. The molecular formula is C13H13N5S2. The van der Waals surface area contributed by atoms with Crippen LogP contribution in [0.2, 0.25) is 0 Å². The Balaban J connectivity index is 1.59. The Morgan fingerprint density at radius 3 is 2.85 bits per heavy atom. The predicted octanol–water partition coefficient (Wildman–Crippen LogP) is 3.61. The maximum Gasteiger partial charge on any atom is 0.247 e. The normalized spacial score (nSPS) is 10.7. The van der Waals surface area contributed by atoms with Crippen LogP contribution in [-0.4, -0.2) is 20.2 Å². The fraction of sp³-hybridized carbons (Fsp3) is 0.154. The van der Waals surface area contributed by atoms with Gasteiger partial charge in [0.05, 0.1) is 10.7 Å². The van der Waals surface area contributed by atoms with E-state index < -0.39 is 0 Å². The maximum atomic E-state index is 4.42. The van der Waals surface area contributed by atoms with Crippen molar-refractivity contribution in [2.75, 3.05) is 5.32 Å². The third-order valence-electron chi connectivity index (χ3n) is 2.52. The summed E-state index contributed by atoms with van der Waals surface area (Å²) in [5.41, 5.74) is 2.05. The van der Waals surface area contributed by atoms with Gasteiger partial charge in [-0.15, -0.1) is 16.4 Å². The smallest absolute Gasteiger partial charge is 0.247 e. The molecule has 2 N–H and O–H groups in total. The summed E-state index contributed by atoms with van der Waals surface area (Å²) >= 11 is 3.26. The summed E-state index contributed by atoms with van der Waals surface area (Å²) in [6.07, 6.45) is 0. The Bertz CT molecular complexity index is 677. The van der Waals surface area contributed by atoms with Crippen molar-refractivity contribution in [3.8, 4) is 0 Å². The molecule has 0 atom stereocenters. The molecule has 0 spiro atoms. The van der Waals surface area contributed by atoms with Gasteiger partial charge in [-0.05, 0) is 19.1 Å². The summed E-state index contributed by atoms with van der Waals surface area (Å²) < 4.78 is 0. The molecule has 0 unspecified atom stereocenters. The molecule has 7 heteroatoms. The number of hydrogen-bond acceptors (Lipinski definition) is 6. The Morgan fingerprint density at radius 2 is 2.10 bits per heavy atom. The predicted molar refractivity (Wildman–Crippen MR) is 82.5 cm³/mol. The molecular weight excluding hydrogens is 290 g/mol. The number of thioether (sulfide) groups is 1. The molecule has 0 aliphatic heterocycles. The van der Waals surface area contributed by atoms with E-state index >= 15 is 0 Å². The van der Waals surface area contributed by atoms with Crippen molar-refractivity contribution in [1.29, 1.82) is 0 Å². The van der Waals surface area contributed by atoms with Crippen molar-refractivity contribution in [2.24, 2.45) is 0 Å². The number of aromatic nitrogens is 4. The van der Waals surface area contributed by atoms with E-state index in [0.29, 0.717) is 5.95 Å². The van der Waals surface area contributed by atoms with Crippen molar-refractivity contribution in [1.82, 2.24) is 20.2 Å². The summed E-state index contributed by atoms with van der Waals surface area (Å²) in [5, 5.41) is 14.2. The number of thiazole rings is 1. The van der Waals surface area contributed by atoms with E-state index in [0.717, 1.165) is 27.3 Å². The second kappa shape index (κ2) is 6.06. The first-order chi connectivity index (χ1) is 9.79. The van der Waals surface area contributed by atoms with Crippen molar-refractivity contribution in [3.05, 3.63) is 46.4 Å². The molecule has 0 saturated carbocycles. The van der Waals surface area contributed by atoms with Gasteiger partial charge in [-0.1, -0.05) is 30.0 Å². The highest BCUT2D eigenvalue weighted by molar-refractivity contribution is 7.98. The molecule has 0 fully saturated rings. The minimum absolute atomic E-state index is 0.577. The molecule has 102 valence electrons. The van der Waals surface area contributed by atoms with E-state index in [9.17, 15) is 0 Å². The lowest BCUT2D eigenvalue weighted by Crippen LogP contribution is -1.91. The van der Waals surface area contributed by atoms with Gasteiger partial charge < -0.3 is 5.32 Å². The quantitative estimate of drug-likeness (QED) is 0.705. The second-order valence-electron chi connectivity index (χ2n) is 4.10. The van der Waals surface area contributed by atoms with E-state index in [1.165, 1.54) is 0 Å². The molecule has 3 rings (SSSR count). The zero-order chi connectivity index (χ0) is 13.8. The first-order valence-corrected chi connectivity index (χ1v) is 7.94. The van der Waals surface area contributed by atoms with Gasteiger partial charge in [0.15, 0.2) is 5.16 Å². The average Bonchev–Trinajstić information content (AvgIpc) is 3.07. The van der Waals surface area contributed by atoms with Gasteiger partial charge in [0.25, 0.3) is 0 Å². The standard InChI is InChI=1S/C13H13N5S2/c1-9-14-11(7-19-9)8-20-13-16-12(17-18-13)15-10-5-3-2-4-6-10/h2-7H,8H2,1H3,(H2,15,16,17,18). The molecule has 0 saturated heterocycles. The van der Waals surface area contributed by atoms with Gasteiger partial charge in [0, 0.05) is 16.8 Å². The van der Waals surface area contributed by atoms with Crippen molar-refractivity contribution in [3.63, 3.8) is 0 Å². The minimum Gasteiger partial charge on any atom is -0.323 e. The topological polar surface area (TPSA) is 66.5 Å². The Hall–Kier alpha value is -1.86. The summed E-state index contributed by atoms with van der Waals surface area (Å²) in [4.78, 5) is 8.81. The van der Waals surface area contributed by atoms with Gasteiger partial charge in [-0.3, -0.25) is 5.10 Å². The molecule has 0 radical (unpaired) electrons. The van der Waals surface area contributed by atoms with E-state index in [2.05, 4.69) is 30.9 Å². The Kier molecular flexibility index (Phi) is 3.98. The second-order valence-corrected chi connectivity index (χ2v) is 6.13. The van der Waals surface area contributed by atoms with Crippen LogP contribution in [0.4, 0.5) is 11.6 Å².